The number of carbonyl (C=O) groups excluding carboxylic acids is 3. The minimum atomic E-state index is -0.828. The molecule has 0 unspecified atom stereocenters. The molecule has 0 saturated heterocycles. The largest absolute Gasteiger partial charge is 0.354 e. The molecule has 3 rings (SSSR count). The van der Waals surface area contributed by atoms with E-state index in [0.29, 0.717) is 25.8 Å². The number of nitrogens with zero attached hydrogens (tertiary/aromatic N) is 3. The molecule has 3 amide bonds. The summed E-state index contributed by atoms with van der Waals surface area (Å²) in [6.07, 6.45) is 6.21. The second kappa shape index (κ2) is 16.9. The molecule has 2 atom stereocenters. The number of likely N-dealkylation sites (N-methyl/N-ethyl adjacent to an activating group) is 2. The fourth-order valence-electron chi connectivity index (χ4n) is 5.23. The van der Waals surface area contributed by atoms with Gasteiger partial charge in [-0.15, -0.1) is 0 Å². The van der Waals surface area contributed by atoms with Gasteiger partial charge in [-0.05, 0) is 81.7 Å². The highest BCUT2D eigenvalue weighted by atomic mass is 16.2. The van der Waals surface area contributed by atoms with Gasteiger partial charge in [0.25, 0.3) is 0 Å². The number of carbonyl (C=O) groups is 3. The lowest BCUT2D eigenvalue weighted by molar-refractivity contribution is -0.146. The molecular formula is C37H51N5O3. The zero-order valence-corrected chi connectivity index (χ0v) is 27.8. The molecule has 0 aliphatic carbocycles. The van der Waals surface area contributed by atoms with Crippen molar-refractivity contribution in [2.24, 2.45) is 5.73 Å². The van der Waals surface area contributed by atoms with Crippen LogP contribution in [-0.4, -0.2) is 91.3 Å². The summed E-state index contributed by atoms with van der Waals surface area (Å²) in [7, 11) is 7.37. The van der Waals surface area contributed by atoms with Crippen LogP contribution in [0.25, 0.3) is 10.8 Å². The molecule has 0 saturated carbocycles. The fourth-order valence-corrected chi connectivity index (χ4v) is 5.23. The van der Waals surface area contributed by atoms with Gasteiger partial charge in [0, 0.05) is 39.0 Å². The third kappa shape index (κ3) is 11.5. The van der Waals surface area contributed by atoms with E-state index in [1.807, 2.05) is 94.7 Å². The first-order chi connectivity index (χ1) is 21.4. The van der Waals surface area contributed by atoms with Crippen molar-refractivity contribution in [3.8, 4) is 0 Å². The Morgan fingerprint density at radius 2 is 1.44 bits per heavy atom. The van der Waals surface area contributed by atoms with Crippen molar-refractivity contribution in [2.75, 3.05) is 41.3 Å². The molecule has 0 spiro atoms. The Labute approximate surface area is 269 Å². The van der Waals surface area contributed by atoms with Crippen molar-refractivity contribution in [3.05, 3.63) is 96.1 Å². The van der Waals surface area contributed by atoms with Crippen molar-refractivity contribution in [1.82, 2.24) is 20.0 Å². The zero-order chi connectivity index (χ0) is 33.0. The molecule has 45 heavy (non-hydrogen) atoms. The molecule has 3 aromatic rings. The zero-order valence-electron chi connectivity index (χ0n) is 27.8. The third-order valence-electron chi connectivity index (χ3n) is 7.97. The maximum atomic E-state index is 14.4. The summed E-state index contributed by atoms with van der Waals surface area (Å²) >= 11 is 0. The van der Waals surface area contributed by atoms with Gasteiger partial charge < -0.3 is 25.8 Å². The van der Waals surface area contributed by atoms with E-state index in [9.17, 15) is 14.4 Å². The van der Waals surface area contributed by atoms with Gasteiger partial charge in [-0.2, -0.15) is 0 Å². The smallest absolute Gasteiger partial charge is 0.246 e. The van der Waals surface area contributed by atoms with E-state index in [4.69, 9.17) is 5.73 Å². The number of hydrogen-bond donors (Lipinski definition) is 2. The number of hydrogen-bond acceptors (Lipinski definition) is 5. The first-order valence-electron chi connectivity index (χ1n) is 15.8. The van der Waals surface area contributed by atoms with Gasteiger partial charge >= 0.3 is 0 Å². The van der Waals surface area contributed by atoms with Crippen LogP contribution in [-0.2, 0) is 27.2 Å². The summed E-state index contributed by atoms with van der Waals surface area (Å²) in [6, 6.07) is 22.3. The van der Waals surface area contributed by atoms with Crippen LogP contribution >= 0.6 is 0 Å². The lowest BCUT2D eigenvalue weighted by atomic mass is 9.98. The van der Waals surface area contributed by atoms with Crippen LogP contribution in [0.2, 0.25) is 0 Å². The van der Waals surface area contributed by atoms with E-state index in [1.54, 1.807) is 20.2 Å². The monoisotopic (exact) mass is 613 g/mol. The van der Waals surface area contributed by atoms with E-state index >= 15 is 0 Å². The molecule has 242 valence electrons. The van der Waals surface area contributed by atoms with Gasteiger partial charge in [-0.1, -0.05) is 78.9 Å². The molecule has 3 N–H and O–H groups in total. The van der Waals surface area contributed by atoms with E-state index in [-0.39, 0.29) is 17.7 Å². The SMILES string of the molecule is CN(C)CCCCNC(=O)[C@@H](Cc1ccccc1)N(C)C(=O)[C@@H](Cc1ccc2ccccc2c1)N(C)C(=O)/C=C/CC(C)(C)N. The minimum absolute atomic E-state index is 0.205. The normalized spacial score (nSPS) is 13.2. The van der Waals surface area contributed by atoms with Crippen molar-refractivity contribution < 1.29 is 14.4 Å². The molecule has 0 fully saturated rings. The average Bonchev–Trinajstić information content (AvgIpc) is 3.00. The van der Waals surface area contributed by atoms with Gasteiger partial charge in [0.2, 0.25) is 17.7 Å². The molecule has 8 nitrogen and oxygen atoms in total. The van der Waals surface area contributed by atoms with Crippen LogP contribution in [0.5, 0.6) is 0 Å². The van der Waals surface area contributed by atoms with E-state index in [2.05, 4.69) is 16.3 Å². The Kier molecular flexibility index (Phi) is 13.3. The average molecular weight is 614 g/mol. The summed E-state index contributed by atoms with van der Waals surface area (Å²) in [5.41, 5.74) is 7.53. The molecule has 3 aromatic carbocycles. The number of unbranched alkanes of at least 4 members (excludes halogenated alkanes) is 1. The van der Waals surface area contributed by atoms with E-state index in [1.165, 1.54) is 15.9 Å². The van der Waals surface area contributed by atoms with E-state index < -0.39 is 17.6 Å². The second-order valence-electron chi connectivity index (χ2n) is 12.9. The van der Waals surface area contributed by atoms with Crippen molar-refractivity contribution >= 4 is 28.5 Å². The molecule has 0 heterocycles. The van der Waals surface area contributed by atoms with Crippen LogP contribution in [0.4, 0.5) is 0 Å². The Balaban J connectivity index is 1.89. The third-order valence-corrected chi connectivity index (χ3v) is 7.97. The minimum Gasteiger partial charge on any atom is -0.354 e. The summed E-state index contributed by atoms with van der Waals surface area (Å²) in [5.74, 6) is -0.796. The number of nitrogens with one attached hydrogen (secondary N) is 1. The topological polar surface area (TPSA) is 99.0 Å². The first-order valence-corrected chi connectivity index (χ1v) is 15.8. The van der Waals surface area contributed by atoms with Gasteiger partial charge in [0.1, 0.15) is 12.1 Å². The number of fused-ring (bicyclic) bond motifs is 1. The van der Waals surface area contributed by atoms with Crippen molar-refractivity contribution in [2.45, 2.75) is 63.6 Å². The van der Waals surface area contributed by atoms with Crippen LogP contribution in [0.1, 0.15) is 44.2 Å². The number of rotatable bonds is 16. The molecule has 0 aromatic heterocycles. The van der Waals surface area contributed by atoms with Crippen molar-refractivity contribution in [1.29, 1.82) is 0 Å². The van der Waals surface area contributed by atoms with E-state index in [0.717, 1.165) is 41.3 Å². The van der Waals surface area contributed by atoms with Gasteiger partial charge in [-0.3, -0.25) is 14.4 Å². The first kappa shape index (κ1) is 35.5. The molecule has 0 aliphatic rings. The molecule has 0 aliphatic heterocycles. The molecule has 8 heteroatoms. The number of amides is 3. The van der Waals surface area contributed by atoms with Crippen molar-refractivity contribution in [3.63, 3.8) is 0 Å². The lowest BCUT2D eigenvalue weighted by Gasteiger charge is -2.34. The Bertz CT molecular complexity index is 1430. The quantitative estimate of drug-likeness (QED) is 0.184. The van der Waals surface area contributed by atoms with Gasteiger partial charge in [-0.25, -0.2) is 0 Å². The highest BCUT2D eigenvalue weighted by molar-refractivity contribution is 5.95. The predicted molar refractivity (Wildman–Crippen MR) is 184 cm³/mol. The summed E-state index contributed by atoms with van der Waals surface area (Å²) in [6.45, 7) is 5.26. The van der Waals surface area contributed by atoms with Gasteiger partial charge in [0.15, 0.2) is 0 Å². The highest BCUT2D eigenvalue weighted by Crippen LogP contribution is 2.20. The summed E-state index contributed by atoms with van der Waals surface area (Å²) in [5, 5.41) is 5.22. The summed E-state index contributed by atoms with van der Waals surface area (Å²) < 4.78 is 0. The van der Waals surface area contributed by atoms with Crippen LogP contribution in [0, 0.1) is 0 Å². The second-order valence-corrected chi connectivity index (χ2v) is 12.9. The lowest BCUT2D eigenvalue weighted by Crippen LogP contribution is -2.56. The number of nitrogens with two attached hydrogens (primary N) is 1. The summed E-state index contributed by atoms with van der Waals surface area (Å²) in [4.78, 5) is 46.5. The molecule has 0 bridgehead atoms. The number of benzene rings is 3. The Hall–Kier alpha value is -4.01. The highest BCUT2D eigenvalue weighted by Gasteiger charge is 2.34. The Morgan fingerprint density at radius 3 is 2.11 bits per heavy atom. The van der Waals surface area contributed by atoms with Gasteiger partial charge in [0.05, 0.1) is 0 Å². The standard InChI is InChI=1S/C37H51N5O3/c1-37(2,38)22-14-19-34(43)41(5)33(27-29-20-21-30-17-10-11-18-31(30)25-29)36(45)42(6)32(26-28-15-8-7-9-16-28)35(44)39-23-12-13-24-40(3)4/h7-11,14-21,25,32-33H,12-13,22-24,26-27,38H2,1-6H3,(H,39,44)/b19-14+/t32-,33-/m1/s1. The van der Waals surface area contributed by atoms with Crippen LogP contribution in [0.3, 0.4) is 0 Å². The maximum Gasteiger partial charge on any atom is 0.246 e. The Morgan fingerprint density at radius 1 is 0.800 bits per heavy atom. The fraction of sp³-hybridized carbons (Fsp3) is 0.432. The molecule has 0 radical (unpaired) electrons. The van der Waals surface area contributed by atoms with Crippen LogP contribution < -0.4 is 11.1 Å². The van der Waals surface area contributed by atoms with Crippen LogP contribution in [0.15, 0.2) is 84.9 Å². The molecular weight excluding hydrogens is 562 g/mol. The maximum absolute atomic E-state index is 14.4. The predicted octanol–water partition coefficient (Wildman–Crippen LogP) is 4.42.